The number of amides is 1. The molecule has 18 heavy (non-hydrogen) atoms. The molecule has 0 aliphatic carbocycles. The Hall–Kier alpha value is -2.12. The summed E-state index contributed by atoms with van der Waals surface area (Å²) in [5, 5.41) is 13.5. The highest BCUT2D eigenvalue weighted by Crippen LogP contribution is 2.20. The van der Waals surface area contributed by atoms with E-state index in [2.05, 4.69) is 10.3 Å². The molecule has 0 saturated heterocycles. The Labute approximate surface area is 105 Å². The standard InChI is InChI=1S/C10H17N5O3/c1-4-14(5-2)8(16)6-11-9-10(15(17)18)12-7-13(9)3/h7,11H,4-6H2,1-3H3. The first kappa shape index (κ1) is 13.9. The topological polar surface area (TPSA) is 93.3 Å². The summed E-state index contributed by atoms with van der Waals surface area (Å²) >= 11 is 0. The van der Waals surface area contributed by atoms with E-state index in [0.29, 0.717) is 13.1 Å². The number of nitrogens with one attached hydrogen (secondary N) is 1. The van der Waals surface area contributed by atoms with Crippen molar-refractivity contribution in [1.29, 1.82) is 0 Å². The van der Waals surface area contributed by atoms with E-state index in [4.69, 9.17) is 0 Å². The first-order valence-electron chi connectivity index (χ1n) is 5.68. The fourth-order valence-corrected chi connectivity index (χ4v) is 1.60. The van der Waals surface area contributed by atoms with E-state index in [1.54, 1.807) is 11.9 Å². The summed E-state index contributed by atoms with van der Waals surface area (Å²) in [7, 11) is 1.63. The van der Waals surface area contributed by atoms with Crippen molar-refractivity contribution in [2.75, 3.05) is 25.0 Å². The minimum atomic E-state index is -0.579. The van der Waals surface area contributed by atoms with Crippen molar-refractivity contribution >= 4 is 17.5 Å². The van der Waals surface area contributed by atoms with Crippen LogP contribution < -0.4 is 5.32 Å². The number of imidazole rings is 1. The lowest BCUT2D eigenvalue weighted by molar-refractivity contribution is -0.388. The molecule has 1 heterocycles. The van der Waals surface area contributed by atoms with Crippen LogP contribution in [0.2, 0.25) is 0 Å². The van der Waals surface area contributed by atoms with Gasteiger partial charge in [0.05, 0.1) is 6.54 Å². The molecule has 0 spiro atoms. The Morgan fingerprint density at radius 3 is 2.67 bits per heavy atom. The summed E-state index contributed by atoms with van der Waals surface area (Å²) in [5.74, 6) is -0.138. The third kappa shape index (κ3) is 2.96. The van der Waals surface area contributed by atoms with Gasteiger partial charge in [0.2, 0.25) is 18.1 Å². The summed E-state index contributed by atoms with van der Waals surface area (Å²) in [6.45, 7) is 5.01. The number of carbonyl (C=O) groups excluding carboxylic acids is 1. The predicted molar refractivity (Wildman–Crippen MR) is 66.3 cm³/mol. The molecule has 100 valence electrons. The maximum Gasteiger partial charge on any atom is 0.406 e. The van der Waals surface area contributed by atoms with Crippen molar-refractivity contribution in [3.63, 3.8) is 0 Å². The fourth-order valence-electron chi connectivity index (χ4n) is 1.60. The number of aryl methyl sites for hydroxylation is 1. The Bertz CT molecular complexity index is 439. The first-order chi connectivity index (χ1) is 8.51. The molecule has 0 aromatic carbocycles. The molecule has 0 fully saturated rings. The minimum absolute atomic E-state index is 0.0159. The maximum atomic E-state index is 11.8. The molecular formula is C10H17N5O3. The lowest BCUT2D eigenvalue weighted by Gasteiger charge is -2.18. The Morgan fingerprint density at radius 1 is 1.56 bits per heavy atom. The van der Waals surface area contributed by atoms with Crippen LogP contribution in [-0.2, 0) is 11.8 Å². The lowest BCUT2D eigenvalue weighted by Crippen LogP contribution is -2.35. The van der Waals surface area contributed by atoms with Gasteiger partial charge in [0.1, 0.15) is 0 Å². The second-order valence-corrected chi connectivity index (χ2v) is 3.70. The highest BCUT2D eigenvalue weighted by molar-refractivity contribution is 5.81. The zero-order valence-corrected chi connectivity index (χ0v) is 10.7. The van der Waals surface area contributed by atoms with Crippen LogP contribution in [0.4, 0.5) is 11.6 Å². The van der Waals surface area contributed by atoms with Crippen molar-refractivity contribution in [2.45, 2.75) is 13.8 Å². The monoisotopic (exact) mass is 255 g/mol. The molecule has 0 radical (unpaired) electrons. The predicted octanol–water partition coefficient (Wildman–Crippen LogP) is 0.609. The zero-order valence-electron chi connectivity index (χ0n) is 10.7. The average Bonchev–Trinajstić information content (AvgIpc) is 2.69. The van der Waals surface area contributed by atoms with Gasteiger partial charge in [-0.25, -0.2) is 0 Å². The van der Waals surface area contributed by atoms with Crippen LogP contribution in [0.3, 0.4) is 0 Å². The molecule has 8 nitrogen and oxygen atoms in total. The number of hydrogen-bond donors (Lipinski definition) is 1. The van der Waals surface area contributed by atoms with Gasteiger partial charge in [-0.3, -0.25) is 9.36 Å². The molecule has 1 rings (SSSR count). The molecule has 0 bridgehead atoms. The molecule has 0 aliphatic heterocycles. The number of carbonyl (C=O) groups is 1. The smallest absolute Gasteiger partial charge is 0.358 e. The molecule has 1 N–H and O–H groups in total. The third-order valence-electron chi connectivity index (χ3n) is 2.61. The average molecular weight is 255 g/mol. The number of nitrogens with zero attached hydrogens (tertiary/aromatic N) is 4. The van der Waals surface area contributed by atoms with Gasteiger partial charge in [0, 0.05) is 20.1 Å². The van der Waals surface area contributed by atoms with Crippen molar-refractivity contribution in [2.24, 2.45) is 7.05 Å². The van der Waals surface area contributed by atoms with Crippen LogP contribution in [0.5, 0.6) is 0 Å². The minimum Gasteiger partial charge on any atom is -0.358 e. The lowest BCUT2D eigenvalue weighted by atomic mass is 10.4. The Morgan fingerprint density at radius 2 is 2.17 bits per heavy atom. The largest absolute Gasteiger partial charge is 0.406 e. The highest BCUT2D eigenvalue weighted by atomic mass is 16.6. The second-order valence-electron chi connectivity index (χ2n) is 3.70. The summed E-state index contributed by atoms with van der Waals surface area (Å²) in [5.41, 5.74) is 0. The van der Waals surface area contributed by atoms with E-state index in [9.17, 15) is 14.9 Å². The molecule has 1 amide bonds. The van der Waals surface area contributed by atoms with Gasteiger partial charge in [0.25, 0.3) is 0 Å². The molecule has 0 saturated carbocycles. The van der Waals surface area contributed by atoms with E-state index in [-0.39, 0.29) is 24.1 Å². The maximum absolute atomic E-state index is 11.8. The molecule has 0 aliphatic rings. The van der Waals surface area contributed by atoms with Gasteiger partial charge in [-0.2, -0.15) is 0 Å². The van der Waals surface area contributed by atoms with Crippen LogP contribution in [0.15, 0.2) is 6.33 Å². The molecule has 0 atom stereocenters. The van der Waals surface area contributed by atoms with Crippen LogP contribution in [0.25, 0.3) is 0 Å². The quantitative estimate of drug-likeness (QED) is 0.593. The second kappa shape index (κ2) is 5.99. The van der Waals surface area contributed by atoms with Gasteiger partial charge in [-0.15, -0.1) is 0 Å². The number of likely N-dealkylation sites (N-methyl/N-ethyl adjacent to an activating group) is 1. The summed E-state index contributed by atoms with van der Waals surface area (Å²) < 4.78 is 1.48. The Kier molecular flexibility index (Phi) is 4.64. The highest BCUT2D eigenvalue weighted by Gasteiger charge is 2.21. The number of rotatable bonds is 6. The first-order valence-corrected chi connectivity index (χ1v) is 5.68. The van der Waals surface area contributed by atoms with E-state index in [1.165, 1.54) is 10.9 Å². The fraction of sp³-hybridized carbons (Fsp3) is 0.600. The van der Waals surface area contributed by atoms with Crippen molar-refractivity contribution < 1.29 is 9.72 Å². The van der Waals surface area contributed by atoms with E-state index in [0.717, 1.165) is 0 Å². The van der Waals surface area contributed by atoms with Gasteiger partial charge < -0.3 is 20.3 Å². The molecular weight excluding hydrogens is 238 g/mol. The van der Waals surface area contributed by atoms with Crippen molar-refractivity contribution in [3.05, 3.63) is 16.4 Å². The number of nitro groups is 1. The van der Waals surface area contributed by atoms with Crippen LogP contribution in [-0.4, -0.2) is 44.9 Å². The third-order valence-corrected chi connectivity index (χ3v) is 2.61. The van der Waals surface area contributed by atoms with Gasteiger partial charge in [-0.05, 0) is 23.8 Å². The van der Waals surface area contributed by atoms with Crippen molar-refractivity contribution in [1.82, 2.24) is 14.5 Å². The van der Waals surface area contributed by atoms with Crippen molar-refractivity contribution in [3.8, 4) is 0 Å². The normalized spacial score (nSPS) is 10.2. The summed E-state index contributed by atoms with van der Waals surface area (Å²) in [6, 6.07) is 0. The zero-order chi connectivity index (χ0) is 13.7. The SMILES string of the molecule is CCN(CC)C(=O)CNc1c([N+](=O)[O-])ncn1C. The van der Waals surface area contributed by atoms with Crippen LogP contribution in [0.1, 0.15) is 13.8 Å². The van der Waals surface area contributed by atoms with Gasteiger partial charge in [-0.1, -0.05) is 0 Å². The van der Waals surface area contributed by atoms with Crippen LogP contribution in [0, 0.1) is 10.1 Å². The van der Waals surface area contributed by atoms with Gasteiger partial charge >= 0.3 is 5.82 Å². The molecule has 1 aromatic rings. The molecule has 8 heteroatoms. The summed E-state index contributed by atoms with van der Waals surface area (Å²) in [6.07, 6.45) is 1.34. The Balaban J connectivity index is 2.72. The summed E-state index contributed by atoms with van der Waals surface area (Å²) in [4.78, 5) is 27.2. The number of anilines is 1. The number of aromatic nitrogens is 2. The molecule has 1 aromatic heterocycles. The van der Waals surface area contributed by atoms with Gasteiger partial charge in [0.15, 0.2) is 0 Å². The van der Waals surface area contributed by atoms with E-state index in [1.807, 2.05) is 13.8 Å². The van der Waals surface area contributed by atoms with Crippen LogP contribution >= 0.6 is 0 Å². The van der Waals surface area contributed by atoms with E-state index >= 15 is 0 Å². The van der Waals surface area contributed by atoms with E-state index < -0.39 is 4.92 Å². The number of hydrogen-bond acceptors (Lipinski definition) is 5. The molecule has 0 unspecified atom stereocenters.